The first-order valence-corrected chi connectivity index (χ1v) is 11.6. The molecule has 0 fully saturated rings. The fourth-order valence-corrected chi connectivity index (χ4v) is 4.36. The van der Waals surface area contributed by atoms with Gasteiger partial charge in [0.05, 0.1) is 16.6 Å². The summed E-state index contributed by atoms with van der Waals surface area (Å²) in [6, 6.07) is 8.87. The number of aryl methyl sites for hydroxylation is 1. The summed E-state index contributed by atoms with van der Waals surface area (Å²) in [5.74, 6) is 0.537. The Balaban J connectivity index is 1.93. The normalized spacial score (nSPS) is 10.6. The molecule has 2 aromatic rings. The maximum Gasteiger partial charge on any atom is 0.276 e. The summed E-state index contributed by atoms with van der Waals surface area (Å²) < 4.78 is 13.7. The Kier molecular flexibility index (Phi) is 9.64. The van der Waals surface area contributed by atoms with Crippen LogP contribution in [0.15, 0.2) is 43.7 Å². The van der Waals surface area contributed by atoms with E-state index in [1.165, 1.54) is 0 Å². The monoisotopic (exact) mass is 604 g/mol. The summed E-state index contributed by atoms with van der Waals surface area (Å²) in [6.45, 7) is 6.33. The molecule has 30 heavy (non-hydrogen) atoms. The summed E-state index contributed by atoms with van der Waals surface area (Å²) in [6.07, 6.45) is 0.871. The zero-order chi connectivity index (χ0) is 22.3. The third-order valence-corrected chi connectivity index (χ3v) is 5.54. The predicted octanol–water partition coefficient (Wildman–Crippen LogP) is 5.55. The smallest absolute Gasteiger partial charge is 0.276 e. The number of hydrogen-bond acceptors (Lipinski definition) is 4. The molecule has 0 bridgehead atoms. The number of halogens is 3. The minimum atomic E-state index is -0.491. The van der Waals surface area contributed by atoms with Crippen LogP contribution in [0.2, 0.25) is 0 Å². The molecule has 2 rings (SSSR count). The summed E-state index contributed by atoms with van der Waals surface area (Å²) in [5, 5.41) is 0. The van der Waals surface area contributed by atoms with Gasteiger partial charge in [0, 0.05) is 8.95 Å². The van der Waals surface area contributed by atoms with Gasteiger partial charge in [-0.1, -0.05) is 45.7 Å². The van der Waals surface area contributed by atoms with Gasteiger partial charge in [-0.25, -0.2) is 0 Å². The van der Waals surface area contributed by atoms with Crippen LogP contribution in [0.3, 0.4) is 0 Å². The molecule has 0 atom stereocenters. The number of hydrogen-bond donors (Lipinski definition) is 2. The molecule has 0 aromatic heterocycles. The largest absolute Gasteiger partial charge is 0.493 e. The molecule has 162 valence electrons. The first-order valence-electron chi connectivity index (χ1n) is 9.27. The predicted molar refractivity (Wildman–Crippen MR) is 127 cm³/mol. The van der Waals surface area contributed by atoms with Gasteiger partial charge in [0.25, 0.3) is 11.8 Å². The SMILES string of the molecule is Cc1cc(Br)cc(Br)c1OCC(=O)NNC(=O)c1cc(Br)ccc1OCCC(C)C. The number of nitrogens with one attached hydrogen (secondary N) is 2. The quantitative estimate of drug-likeness (QED) is 0.387. The molecule has 0 aliphatic heterocycles. The van der Waals surface area contributed by atoms with E-state index in [2.05, 4.69) is 72.5 Å². The van der Waals surface area contributed by atoms with Gasteiger partial charge in [0.15, 0.2) is 6.61 Å². The van der Waals surface area contributed by atoms with Crippen LogP contribution >= 0.6 is 47.8 Å². The van der Waals surface area contributed by atoms with Crippen molar-refractivity contribution in [2.45, 2.75) is 27.2 Å². The second-order valence-electron chi connectivity index (χ2n) is 7.00. The summed E-state index contributed by atoms with van der Waals surface area (Å²) in [7, 11) is 0. The first kappa shape index (κ1) is 24.7. The van der Waals surface area contributed by atoms with E-state index in [0.29, 0.717) is 29.6 Å². The van der Waals surface area contributed by atoms with E-state index in [0.717, 1.165) is 25.4 Å². The fraction of sp³-hybridized carbons (Fsp3) is 0.333. The van der Waals surface area contributed by atoms with Crippen LogP contribution in [-0.2, 0) is 4.79 Å². The topological polar surface area (TPSA) is 76.7 Å². The molecule has 2 amide bonds. The maximum atomic E-state index is 12.6. The number of carbonyl (C=O) groups is 2. The highest BCUT2D eigenvalue weighted by Gasteiger charge is 2.15. The van der Waals surface area contributed by atoms with E-state index in [9.17, 15) is 9.59 Å². The van der Waals surface area contributed by atoms with Crippen molar-refractivity contribution in [1.29, 1.82) is 0 Å². The van der Waals surface area contributed by atoms with Crippen LogP contribution < -0.4 is 20.3 Å². The number of carbonyl (C=O) groups excluding carboxylic acids is 2. The van der Waals surface area contributed by atoms with Crippen LogP contribution in [0.1, 0.15) is 36.2 Å². The lowest BCUT2D eigenvalue weighted by Gasteiger charge is -2.14. The van der Waals surface area contributed by atoms with Gasteiger partial charge in [-0.2, -0.15) is 0 Å². The van der Waals surface area contributed by atoms with Crippen LogP contribution in [0.25, 0.3) is 0 Å². The van der Waals surface area contributed by atoms with E-state index >= 15 is 0 Å². The Bertz CT molecular complexity index is 896. The molecular formula is C21H23Br3N2O4. The number of hydrazine groups is 1. The van der Waals surface area contributed by atoms with E-state index in [4.69, 9.17) is 9.47 Å². The molecule has 9 heteroatoms. The average molecular weight is 607 g/mol. The standard InChI is InChI=1S/C21H23Br3N2O4/c1-12(2)6-7-29-18-5-4-14(22)9-16(18)21(28)26-25-19(27)11-30-20-13(3)8-15(23)10-17(20)24/h4-5,8-10,12H,6-7,11H2,1-3H3,(H,25,27)(H,26,28). The number of amides is 2. The Morgan fingerprint density at radius 2 is 1.73 bits per heavy atom. The Morgan fingerprint density at radius 3 is 2.40 bits per heavy atom. The molecule has 0 radical (unpaired) electrons. The number of rotatable bonds is 8. The zero-order valence-electron chi connectivity index (χ0n) is 16.9. The highest BCUT2D eigenvalue weighted by molar-refractivity contribution is 9.11. The van der Waals surface area contributed by atoms with Crippen LogP contribution in [0.5, 0.6) is 11.5 Å². The molecular weight excluding hydrogens is 584 g/mol. The third kappa shape index (κ3) is 7.59. The molecule has 0 heterocycles. The van der Waals surface area contributed by atoms with E-state index < -0.39 is 11.8 Å². The summed E-state index contributed by atoms with van der Waals surface area (Å²) >= 11 is 10.2. The first-order chi connectivity index (χ1) is 14.2. The van der Waals surface area contributed by atoms with E-state index in [-0.39, 0.29) is 6.61 Å². The molecule has 0 saturated carbocycles. The van der Waals surface area contributed by atoms with Crippen LogP contribution in [0.4, 0.5) is 0 Å². The Morgan fingerprint density at radius 1 is 1.00 bits per heavy atom. The lowest BCUT2D eigenvalue weighted by Crippen LogP contribution is -2.44. The molecule has 2 aromatic carbocycles. The molecule has 0 aliphatic carbocycles. The van der Waals surface area contributed by atoms with Gasteiger partial charge in [-0.15, -0.1) is 0 Å². The Hall–Kier alpha value is -1.58. The minimum Gasteiger partial charge on any atom is -0.493 e. The molecule has 0 spiro atoms. The fourth-order valence-electron chi connectivity index (χ4n) is 2.45. The van der Waals surface area contributed by atoms with Crippen molar-refractivity contribution in [3.8, 4) is 11.5 Å². The van der Waals surface area contributed by atoms with Gasteiger partial charge < -0.3 is 9.47 Å². The van der Waals surface area contributed by atoms with Crippen molar-refractivity contribution in [2.75, 3.05) is 13.2 Å². The zero-order valence-corrected chi connectivity index (χ0v) is 21.6. The van der Waals surface area contributed by atoms with Gasteiger partial charge in [0.2, 0.25) is 0 Å². The van der Waals surface area contributed by atoms with Crippen molar-refractivity contribution < 1.29 is 19.1 Å². The van der Waals surface area contributed by atoms with Crippen LogP contribution in [-0.4, -0.2) is 25.0 Å². The highest BCUT2D eigenvalue weighted by Crippen LogP contribution is 2.32. The minimum absolute atomic E-state index is 0.252. The molecule has 0 aliphatic rings. The molecule has 0 saturated heterocycles. The second-order valence-corrected chi connectivity index (χ2v) is 9.68. The van der Waals surface area contributed by atoms with Crippen molar-refractivity contribution in [3.05, 3.63) is 54.9 Å². The highest BCUT2D eigenvalue weighted by atomic mass is 79.9. The average Bonchev–Trinajstić information content (AvgIpc) is 2.66. The lowest BCUT2D eigenvalue weighted by atomic mass is 10.1. The van der Waals surface area contributed by atoms with Crippen LogP contribution in [0, 0.1) is 12.8 Å². The molecule has 2 N–H and O–H groups in total. The summed E-state index contributed by atoms with van der Waals surface area (Å²) in [4.78, 5) is 24.7. The van der Waals surface area contributed by atoms with Gasteiger partial charge in [-0.3, -0.25) is 20.4 Å². The third-order valence-electron chi connectivity index (χ3n) is 4.00. The van der Waals surface area contributed by atoms with E-state index in [1.54, 1.807) is 18.2 Å². The van der Waals surface area contributed by atoms with Gasteiger partial charge in [0.1, 0.15) is 11.5 Å². The Labute approximate surface area is 201 Å². The van der Waals surface area contributed by atoms with Gasteiger partial charge >= 0.3 is 0 Å². The van der Waals surface area contributed by atoms with Crippen molar-refractivity contribution in [3.63, 3.8) is 0 Å². The van der Waals surface area contributed by atoms with Crippen molar-refractivity contribution in [1.82, 2.24) is 10.9 Å². The van der Waals surface area contributed by atoms with Gasteiger partial charge in [-0.05, 0) is 71.1 Å². The summed E-state index contributed by atoms with van der Waals surface area (Å²) in [5.41, 5.74) is 5.95. The van der Waals surface area contributed by atoms with Crippen molar-refractivity contribution >= 4 is 59.6 Å². The molecule has 0 unspecified atom stereocenters. The maximum absolute atomic E-state index is 12.6. The second kappa shape index (κ2) is 11.7. The van der Waals surface area contributed by atoms with Crippen molar-refractivity contribution in [2.24, 2.45) is 5.92 Å². The lowest BCUT2D eigenvalue weighted by molar-refractivity contribution is -0.123. The number of ether oxygens (including phenoxy) is 2. The molecule has 6 nitrogen and oxygen atoms in total. The number of benzene rings is 2. The van der Waals surface area contributed by atoms with E-state index in [1.807, 2.05) is 19.1 Å².